The van der Waals surface area contributed by atoms with Crippen LogP contribution in [0.4, 0.5) is 11.4 Å². The molecule has 0 aliphatic carbocycles. The molecule has 3 rings (SSSR count). The van der Waals surface area contributed by atoms with Crippen LogP contribution in [0, 0.1) is 10.5 Å². The Morgan fingerprint density at radius 3 is 2.43 bits per heavy atom. The molecule has 108 valence electrons. The maximum absolute atomic E-state index is 4.60. The lowest BCUT2D eigenvalue weighted by molar-refractivity contribution is 0.949. The van der Waals surface area contributed by atoms with Crippen molar-refractivity contribution in [2.75, 3.05) is 18.0 Å². The first-order chi connectivity index (χ1) is 10.2. The summed E-state index contributed by atoms with van der Waals surface area (Å²) in [6.45, 7) is 4.48. The number of aliphatic imine (C=N–C) groups is 1. The quantitative estimate of drug-likeness (QED) is 0.535. The summed E-state index contributed by atoms with van der Waals surface area (Å²) in [6.07, 6.45) is 4.58. The standard InChI is InChI=1S/C18H19IN2/c1-14-12-16(19)6-9-18(14)20-13-15-4-7-17(8-5-15)21-10-2-3-11-21/h4-9,12-13H,2-3,10-11H2,1H3. The van der Waals surface area contributed by atoms with Gasteiger partial charge in [0.05, 0.1) is 5.69 Å². The van der Waals surface area contributed by atoms with Gasteiger partial charge in [0.2, 0.25) is 0 Å². The van der Waals surface area contributed by atoms with Gasteiger partial charge in [0.25, 0.3) is 0 Å². The highest BCUT2D eigenvalue weighted by Crippen LogP contribution is 2.22. The van der Waals surface area contributed by atoms with Gasteiger partial charge in [-0.05, 0) is 83.8 Å². The molecule has 1 aliphatic rings. The van der Waals surface area contributed by atoms with E-state index in [4.69, 9.17) is 0 Å². The van der Waals surface area contributed by atoms with E-state index in [2.05, 4.69) is 81.9 Å². The first-order valence-corrected chi connectivity index (χ1v) is 8.45. The van der Waals surface area contributed by atoms with E-state index in [9.17, 15) is 0 Å². The summed E-state index contributed by atoms with van der Waals surface area (Å²) in [5.74, 6) is 0. The SMILES string of the molecule is Cc1cc(I)ccc1N=Cc1ccc(N2CCCC2)cc1. The molecule has 0 amide bonds. The number of hydrogen-bond acceptors (Lipinski definition) is 2. The first kappa shape index (κ1) is 14.6. The minimum absolute atomic E-state index is 1.04. The van der Waals surface area contributed by atoms with Gasteiger partial charge in [0, 0.05) is 28.6 Å². The zero-order chi connectivity index (χ0) is 14.7. The van der Waals surface area contributed by atoms with Gasteiger partial charge in [0.1, 0.15) is 0 Å². The van der Waals surface area contributed by atoms with Crippen molar-refractivity contribution < 1.29 is 0 Å². The summed E-state index contributed by atoms with van der Waals surface area (Å²) >= 11 is 2.33. The lowest BCUT2D eigenvalue weighted by Gasteiger charge is -2.17. The highest BCUT2D eigenvalue weighted by atomic mass is 127. The van der Waals surface area contributed by atoms with Crippen molar-refractivity contribution in [3.05, 3.63) is 57.2 Å². The Balaban J connectivity index is 1.73. The maximum atomic E-state index is 4.60. The Morgan fingerprint density at radius 2 is 1.76 bits per heavy atom. The van der Waals surface area contributed by atoms with Crippen LogP contribution in [0.5, 0.6) is 0 Å². The highest BCUT2D eigenvalue weighted by Gasteiger charge is 2.11. The van der Waals surface area contributed by atoms with Crippen LogP contribution < -0.4 is 4.90 Å². The zero-order valence-electron chi connectivity index (χ0n) is 12.2. The Labute approximate surface area is 140 Å². The fraction of sp³-hybridized carbons (Fsp3) is 0.278. The first-order valence-electron chi connectivity index (χ1n) is 7.37. The van der Waals surface area contributed by atoms with Crippen molar-refractivity contribution in [3.63, 3.8) is 0 Å². The van der Waals surface area contributed by atoms with Crippen molar-refractivity contribution in [3.8, 4) is 0 Å². The molecule has 1 fully saturated rings. The molecule has 21 heavy (non-hydrogen) atoms. The van der Waals surface area contributed by atoms with Crippen LogP contribution in [0.15, 0.2) is 47.5 Å². The van der Waals surface area contributed by atoms with Crippen LogP contribution >= 0.6 is 22.6 Å². The summed E-state index contributed by atoms with van der Waals surface area (Å²) in [7, 11) is 0. The van der Waals surface area contributed by atoms with Gasteiger partial charge in [-0.2, -0.15) is 0 Å². The molecule has 1 aliphatic heterocycles. The molecule has 2 aromatic carbocycles. The van der Waals surface area contributed by atoms with E-state index < -0.39 is 0 Å². The average molecular weight is 390 g/mol. The summed E-state index contributed by atoms with van der Waals surface area (Å²) < 4.78 is 1.25. The van der Waals surface area contributed by atoms with E-state index in [1.165, 1.54) is 40.8 Å². The number of aryl methyl sites for hydroxylation is 1. The van der Waals surface area contributed by atoms with Crippen LogP contribution in [0.25, 0.3) is 0 Å². The lowest BCUT2D eigenvalue weighted by Crippen LogP contribution is -2.17. The molecule has 1 saturated heterocycles. The number of nitrogens with zero attached hydrogens (tertiary/aromatic N) is 2. The van der Waals surface area contributed by atoms with Gasteiger partial charge in [-0.3, -0.25) is 4.99 Å². The van der Waals surface area contributed by atoms with E-state index >= 15 is 0 Å². The van der Waals surface area contributed by atoms with Crippen LogP contribution in [-0.4, -0.2) is 19.3 Å². The van der Waals surface area contributed by atoms with Crippen molar-refractivity contribution in [1.29, 1.82) is 0 Å². The van der Waals surface area contributed by atoms with E-state index in [1.54, 1.807) is 0 Å². The summed E-state index contributed by atoms with van der Waals surface area (Å²) in [5.41, 5.74) is 4.73. The van der Waals surface area contributed by atoms with Gasteiger partial charge >= 0.3 is 0 Å². The Hall–Kier alpha value is -1.36. The third kappa shape index (κ3) is 3.64. The second kappa shape index (κ2) is 6.60. The number of anilines is 1. The monoisotopic (exact) mass is 390 g/mol. The molecule has 0 atom stereocenters. The summed E-state index contributed by atoms with van der Waals surface area (Å²) in [6, 6.07) is 15.0. The fourth-order valence-corrected chi connectivity index (χ4v) is 3.30. The third-order valence-corrected chi connectivity index (χ3v) is 4.55. The van der Waals surface area contributed by atoms with E-state index in [0.717, 1.165) is 11.3 Å². The van der Waals surface area contributed by atoms with E-state index in [0.29, 0.717) is 0 Å². The smallest absolute Gasteiger partial charge is 0.0659 e. The average Bonchev–Trinajstić information content (AvgIpc) is 3.01. The molecule has 2 nitrogen and oxygen atoms in total. The van der Waals surface area contributed by atoms with Crippen molar-refractivity contribution in [2.45, 2.75) is 19.8 Å². The predicted molar refractivity (Wildman–Crippen MR) is 99.0 cm³/mol. The molecule has 0 N–H and O–H groups in total. The molecule has 0 bridgehead atoms. The topological polar surface area (TPSA) is 15.6 Å². The van der Waals surface area contributed by atoms with Crippen LogP contribution in [0.1, 0.15) is 24.0 Å². The summed E-state index contributed by atoms with van der Waals surface area (Å²) in [4.78, 5) is 7.05. The molecular formula is C18H19IN2. The molecule has 2 aromatic rings. The van der Waals surface area contributed by atoms with Crippen LogP contribution in [0.3, 0.4) is 0 Å². The second-order valence-electron chi connectivity index (χ2n) is 5.47. The minimum atomic E-state index is 1.04. The Bertz CT molecular complexity index is 641. The number of benzene rings is 2. The third-order valence-electron chi connectivity index (χ3n) is 3.88. The van der Waals surface area contributed by atoms with E-state index in [-0.39, 0.29) is 0 Å². The van der Waals surface area contributed by atoms with Gasteiger partial charge in [-0.25, -0.2) is 0 Å². The van der Waals surface area contributed by atoms with Crippen molar-refractivity contribution >= 4 is 40.2 Å². The molecule has 0 saturated carbocycles. The Morgan fingerprint density at radius 1 is 1.05 bits per heavy atom. The van der Waals surface area contributed by atoms with Gasteiger partial charge in [-0.1, -0.05) is 12.1 Å². The highest BCUT2D eigenvalue weighted by molar-refractivity contribution is 14.1. The van der Waals surface area contributed by atoms with Crippen molar-refractivity contribution in [1.82, 2.24) is 0 Å². The lowest BCUT2D eigenvalue weighted by atomic mass is 10.2. The van der Waals surface area contributed by atoms with Crippen LogP contribution in [0.2, 0.25) is 0 Å². The number of rotatable bonds is 3. The molecular weight excluding hydrogens is 371 g/mol. The molecule has 1 heterocycles. The molecule has 0 unspecified atom stereocenters. The Kier molecular flexibility index (Phi) is 4.58. The number of halogens is 1. The molecule has 0 spiro atoms. The zero-order valence-corrected chi connectivity index (χ0v) is 14.4. The van der Waals surface area contributed by atoms with Gasteiger partial charge in [-0.15, -0.1) is 0 Å². The normalized spacial score (nSPS) is 15.0. The minimum Gasteiger partial charge on any atom is -0.372 e. The van der Waals surface area contributed by atoms with E-state index in [1.807, 2.05) is 6.21 Å². The molecule has 3 heteroatoms. The maximum Gasteiger partial charge on any atom is 0.0659 e. The number of hydrogen-bond donors (Lipinski definition) is 0. The van der Waals surface area contributed by atoms with Gasteiger partial charge < -0.3 is 4.90 Å². The largest absolute Gasteiger partial charge is 0.372 e. The summed E-state index contributed by atoms with van der Waals surface area (Å²) in [5, 5.41) is 0. The molecule has 0 aromatic heterocycles. The second-order valence-corrected chi connectivity index (χ2v) is 6.72. The van der Waals surface area contributed by atoms with Crippen molar-refractivity contribution in [2.24, 2.45) is 4.99 Å². The fourth-order valence-electron chi connectivity index (χ4n) is 2.65. The van der Waals surface area contributed by atoms with Gasteiger partial charge in [0.15, 0.2) is 0 Å². The molecule has 0 radical (unpaired) electrons. The predicted octanol–water partition coefficient (Wildman–Crippen LogP) is 4.95. The van der Waals surface area contributed by atoms with Crippen LogP contribution in [-0.2, 0) is 0 Å².